The number of rotatable bonds is 8. The molecule has 3 heterocycles. The molecule has 0 spiro atoms. The van der Waals surface area contributed by atoms with E-state index in [2.05, 4.69) is 58.4 Å². The lowest BCUT2D eigenvalue weighted by Gasteiger charge is -2.25. The van der Waals surface area contributed by atoms with Gasteiger partial charge in [-0.25, -0.2) is 13.8 Å². The molecule has 1 saturated carbocycles. The van der Waals surface area contributed by atoms with Crippen LogP contribution in [-0.4, -0.2) is 33.5 Å². The number of hydrogen-bond acceptors (Lipinski definition) is 8. The average Bonchev–Trinajstić information content (AvgIpc) is 3.56. The summed E-state index contributed by atoms with van der Waals surface area (Å²) in [5.74, 6) is -0.729. The summed E-state index contributed by atoms with van der Waals surface area (Å²) in [6.07, 6.45) is 2.05. The third-order valence-corrected chi connectivity index (χ3v) is 6.90. The van der Waals surface area contributed by atoms with Gasteiger partial charge in [0.1, 0.15) is 11.6 Å². The molecule has 1 unspecified atom stereocenters. The first-order valence-corrected chi connectivity index (χ1v) is 12.7. The number of fused-ring (bicyclic) bond motifs is 1. The minimum atomic E-state index is -2.60. The Balaban J connectivity index is 1.60. The predicted molar refractivity (Wildman–Crippen MR) is 144 cm³/mol. The molecule has 204 valence electrons. The van der Waals surface area contributed by atoms with E-state index in [-0.39, 0.29) is 21.7 Å². The van der Waals surface area contributed by atoms with Gasteiger partial charge in [0.05, 0.1) is 34.9 Å². The topological polar surface area (TPSA) is 101 Å². The second-order valence-corrected chi connectivity index (χ2v) is 11.3. The Kier molecular flexibility index (Phi) is 6.61. The van der Waals surface area contributed by atoms with Crippen LogP contribution in [0.15, 0.2) is 48.6 Å². The van der Waals surface area contributed by atoms with Gasteiger partial charge in [0.15, 0.2) is 0 Å². The van der Waals surface area contributed by atoms with E-state index in [0.29, 0.717) is 47.2 Å². The molecular formula is C27H28ClF3N8. The van der Waals surface area contributed by atoms with Gasteiger partial charge in [-0.2, -0.15) is 9.65 Å². The van der Waals surface area contributed by atoms with Crippen LogP contribution in [0.5, 0.6) is 0 Å². The second-order valence-electron chi connectivity index (χ2n) is 10.9. The first-order valence-electron chi connectivity index (χ1n) is 12.8. The zero-order valence-corrected chi connectivity index (χ0v) is 22.3. The van der Waals surface area contributed by atoms with Gasteiger partial charge in [-0.05, 0) is 42.0 Å². The maximum absolute atomic E-state index is 13.8. The molecule has 39 heavy (non-hydrogen) atoms. The molecule has 2 aliphatic rings. The van der Waals surface area contributed by atoms with Gasteiger partial charge in [-0.1, -0.05) is 38.4 Å². The zero-order chi connectivity index (χ0) is 28.9. The van der Waals surface area contributed by atoms with Crippen molar-refractivity contribution in [3.05, 3.63) is 70.7 Å². The number of benzene rings is 1. The van der Waals surface area contributed by atoms with Crippen LogP contribution in [0.2, 0.25) is 5.02 Å². The number of anilines is 2. The molecule has 0 amide bonds. The van der Waals surface area contributed by atoms with Gasteiger partial charge in [0, 0.05) is 36.2 Å². The Bertz CT molecular complexity index is 1520. The van der Waals surface area contributed by atoms with E-state index in [1.165, 1.54) is 29.7 Å². The van der Waals surface area contributed by atoms with Gasteiger partial charge >= 0.3 is 0 Å². The predicted octanol–water partition coefficient (Wildman–Crippen LogP) is 5.87. The fourth-order valence-electron chi connectivity index (χ4n) is 4.30. The van der Waals surface area contributed by atoms with Gasteiger partial charge < -0.3 is 16.1 Å². The third-order valence-electron chi connectivity index (χ3n) is 6.61. The standard InChI is InChI=1S/C27H28ClF3N8/c1-26(2,3)14-35-22-16(10-32)12-34-24-18(22)8-17(9-19(24)28)36-23(15-4-5-21(29)33-11-15)20-13-39(38-37-20)27(6-7-27)25(30)31/h4-5,8-9,11-13,23,25,36-38H,6-7,14H2,1-3H3,(H,34,35)/i23D. The number of nitrogens with one attached hydrogen (secondary N) is 4. The van der Waals surface area contributed by atoms with E-state index in [9.17, 15) is 19.8 Å². The maximum Gasteiger partial charge on any atom is 0.262 e. The summed E-state index contributed by atoms with van der Waals surface area (Å²) in [6, 6.07) is 6.12. The number of nitriles is 1. The summed E-state index contributed by atoms with van der Waals surface area (Å²) in [5, 5.41) is 18.3. The largest absolute Gasteiger partial charge is 0.383 e. The van der Waals surface area contributed by atoms with Crippen LogP contribution in [-0.2, 0) is 0 Å². The van der Waals surface area contributed by atoms with Crippen molar-refractivity contribution in [1.82, 2.24) is 25.9 Å². The van der Waals surface area contributed by atoms with Crippen LogP contribution >= 0.6 is 11.6 Å². The Labute approximate surface area is 230 Å². The highest BCUT2D eigenvalue weighted by molar-refractivity contribution is 6.35. The molecule has 1 aromatic carbocycles. The Morgan fingerprint density at radius 3 is 2.64 bits per heavy atom. The molecule has 8 nitrogen and oxygen atoms in total. The number of aromatic nitrogens is 2. The van der Waals surface area contributed by atoms with Gasteiger partial charge in [-0.3, -0.25) is 9.99 Å². The van der Waals surface area contributed by atoms with Crippen LogP contribution in [0.4, 0.5) is 24.5 Å². The van der Waals surface area contributed by atoms with Crippen molar-refractivity contribution in [2.24, 2.45) is 5.41 Å². The zero-order valence-electron chi connectivity index (χ0n) is 22.5. The Morgan fingerprint density at radius 2 is 2.03 bits per heavy atom. The highest BCUT2D eigenvalue weighted by Crippen LogP contribution is 2.47. The molecule has 1 fully saturated rings. The van der Waals surface area contributed by atoms with E-state index >= 15 is 0 Å². The molecule has 3 aromatic rings. The maximum atomic E-state index is 13.8. The van der Waals surface area contributed by atoms with Crippen LogP contribution in [0.25, 0.3) is 10.9 Å². The van der Waals surface area contributed by atoms with Crippen LogP contribution in [0.3, 0.4) is 0 Å². The first kappa shape index (κ1) is 25.5. The molecule has 4 N–H and O–H groups in total. The smallest absolute Gasteiger partial charge is 0.262 e. The number of pyridine rings is 2. The van der Waals surface area contributed by atoms with Gasteiger partial charge in [-0.15, -0.1) is 5.53 Å². The molecular weight excluding hydrogens is 529 g/mol. The Hall–Kier alpha value is -3.75. The molecule has 1 aliphatic carbocycles. The first-order chi connectivity index (χ1) is 18.9. The van der Waals surface area contributed by atoms with Crippen molar-refractivity contribution in [3.8, 4) is 6.07 Å². The van der Waals surface area contributed by atoms with E-state index < -0.39 is 23.9 Å². The second kappa shape index (κ2) is 10.1. The quantitative estimate of drug-likeness (QED) is 0.255. The molecule has 0 bridgehead atoms. The normalized spacial score (nSPS) is 18.2. The summed E-state index contributed by atoms with van der Waals surface area (Å²) >= 11 is 6.63. The van der Waals surface area contributed by atoms with E-state index in [0.717, 1.165) is 6.07 Å². The lowest BCUT2D eigenvalue weighted by molar-refractivity contribution is 0.00911. The van der Waals surface area contributed by atoms with E-state index in [1.54, 1.807) is 12.1 Å². The summed E-state index contributed by atoms with van der Waals surface area (Å²) in [5.41, 5.74) is 6.24. The van der Waals surface area contributed by atoms with Gasteiger partial charge in [0.2, 0.25) is 5.95 Å². The SMILES string of the molecule is [2H]C(Nc1cc(Cl)c2ncc(C#N)c(NCC(C)(C)C)c2c1)(C1=CN(C2(C(F)F)CC2)NN1)c1ccc(F)nc1. The number of nitrogens with zero attached hydrogens (tertiary/aromatic N) is 4. The Morgan fingerprint density at radius 1 is 1.26 bits per heavy atom. The molecule has 0 saturated heterocycles. The monoisotopic (exact) mass is 557 g/mol. The molecule has 0 radical (unpaired) electrons. The van der Waals surface area contributed by atoms with Crippen molar-refractivity contribution < 1.29 is 14.5 Å². The minimum Gasteiger partial charge on any atom is -0.383 e. The van der Waals surface area contributed by atoms with Crippen molar-refractivity contribution in [3.63, 3.8) is 0 Å². The fraction of sp³-hybridized carbons (Fsp3) is 0.370. The minimum absolute atomic E-state index is 0.0927. The number of alkyl halides is 2. The summed E-state index contributed by atoms with van der Waals surface area (Å²) in [6.45, 7) is 6.73. The lowest BCUT2D eigenvalue weighted by atomic mass is 9.96. The number of hydrazine groups is 2. The van der Waals surface area contributed by atoms with Crippen LogP contribution in [0.1, 0.15) is 52.1 Å². The molecule has 1 atom stereocenters. The third kappa shape index (κ3) is 5.40. The number of hydrogen-bond donors (Lipinski definition) is 4. The van der Waals surface area contributed by atoms with Crippen LogP contribution in [0, 0.1) is 22.7 Å². The summed E-state index contributed by atoms with van der Waals surface area (Å²) in [7, 11) is 0. The molecule has 1 aliphatic heterocycles. The average molecular weight is 558 g/mol. The van der Waals surface area contributed by atoms with Crippen LogP contribution < -0.4 is 21.6 Å². The van der Waals surface area contributed by atoms with Crippen molar-refractivity contribution in [2.75, 3.05) is 17.2 Å². The summed E-state index contributed by atoms with van der Waals surface area (Å²) < 4.78 is 50.8. The van der Waals surface area contributed by atoms with Crippen molar-refractivity contribution in [1.29, 1.82) is 5.26 Å². The van der Waals surface area contributed by atoms with Crippen molar-refractivity contribution >= 4 is 33.9 Å². The molecule has 5 rings (SSSR count). The number of halogens is 4. The van der Waals surface area contributed by atoms with E-state index in [1.807, 2.05) is 0 Å². The highest BCUT2D eigenvalue weighted by Gasteiger charge is 2.56. The molecule has 12 heteroatoms. The van der Waals surface area contributed by atoms with Gasteiger partial charge in [0.25, 0.3) is 6.43 Å². The summed E-state index contributed by atoms with van der Waals surface area (Å²) in [4.78, 5) is 8.07. The fourth-order valence-corrected chi connectivity index (χ4v) is 4.57. The highest BCUT2D eigenvalue weighted by atomic mass is 35.5. The van der Waals surface area contributed by atoms with E-state index in [4.69, 9.17) is 11.6 Å². The van der Waals surface area contributed by atoms with Crippen molar-refractivity contribution in [2.45, 2.75) is 51.6 Å². The molecule has 2 aromatic heterocycles. The lowest BCUT2D eigenvalue weighted by Crippen LogP contribution is -2.48.